The monoisotopic (exact) mass is 1000 g/mol. The zero-order chi connectivity index (χ0) is 52.7. The van der Waals surface area contributed by atoms with E-state index in [0.29, 0.717) is 29.3 Å². The molecule has 0 N–H and O–H groups in total. The molecule has 0 radical (unpaired) electrons. The Kier molecular flexibility index (Phi) is 12.6. The van der Waals surface area contributed by atoms with Crippen LogP contribution in [-0.2, 0) is 18.3 Å². The van der Waals surface area contributed by atoms with Crippen LogP contribution in [0.1, 0.15) is 61.1 Å². The molecule has 1 heterocycles. The number of hydrogen-bond donors (Lipinski definition) is 0. The topological polar surface area (TPSA) is 41.9 Å². The van der Waals surface area contributed by atoms with Crippen molar-refractivity contribution in [2.75, 3.05) is 4.90 Å². The highest BCUT2D eigenvalue weighted by atomic mass is 15.1. The molecule has 0 saturated carbocycles. The Morgan fingerprint density at radius 3 is 1.08 bits per heavy atom. The van der Waals surface area contributed by atoms with Gasteiger partial charge in [0.2, 0.25) is 0 Å². The normalized spacial score (nSPS) is 12.5. The molecule has 12 aromatic rings. The van der Waals surface area contributed by atoms with E-state index in [9.17, 15) is 0 Å². The van der Waals surface area contributed by atoms with E-state index in [2.05, 4.69) is 287 Å². The number of anilines is 3. The Bertz CT molecular complexity index is 3920. The number of fused-ring (bicyclic) bond motifs is 5. The Labute approximate surface area is 458 Å². The maximum Gasteiger partial charge on any atom is 0.164 e. The molecule has 1 aliphatic carbocycles. The zero-order valence-corrected chi connectivity index (χ0v) is 44.6. The van der Waals surface area contributed by atoms with Gasteiger partial charge >= 0.3 is 0 Å². The molecule has 0 bridgehead atoms. The first-order chi connectivity index (χ1) is 38.2. The van der Waals surface area contributed by atoms with Gasteiger partial charge < -0.3 is 4.90 Å². The zero-order valence-electron chi connectivity index (χ0n) is 44.6. The highest BCUT2D eigenvalue weighted by Gasteiger charge is 2.46. The van der Waals surface area contributed by atoms with Crippen LogP contribution < -0.4 is 4.90 Å². The predicted molar refractivity (Wildman–Crippen MR) is 326 cm³/mol. The van der Waals surface area contributed by atoms with Crippen molar-refractivity contribution < 1.29 is 0 Å². The van der Waals surface area contributed by atoms with Gasteiger partial charge in [0.25, 0.3) is 0 Å². The minimum Gasteiger partial charge on any atom is -0.311 e. The molecule has 0 atom stereocenters. The molecular formula is C74H60N4. The van der Waals surface area contributed by atoms with Gasteiger partial charge in [0.15, 0.2) is 17.5 Å². The first-order valence-electron chi connectivity index (χ1n) is 27.5. The number of hydrogen-bond acceptors (Lipinski definition) is 4. The SMILES string of the molecule is CC(C)Cc1ccc(N(c2ccc(CC(C)C)cc2)c2ccc(-c3ccc(C4(c5ccc(-c6nc(-c7ccc8ccccc8c7)nc(-c7ccc8ccccc8c7)n6)cc5)c5ccccc5-c5ccccc54)cc3)cc2)cc1. The second-order valence-electron chi connectivity index (χ2n) is 21.8. The van der Waals surface area contributed by atoms with Crippen molar-refractivity contribution in [3.8, 4) is 56.4 Å². The van der Waals surface area contributed by atoms with E-state index in [1.165, 1.54) is 60.8 Å². The molecule has 13 rings (SSSR count). The molecule has 0 amide bonds. The average Bonchev–Trinajstić information content (AvgIpc) is 3.92. The van der Waals surface area contributed by atoms with Gasteiger partial charge in [-0.2, -0.15) is 0 Å². The van der Waals surface area contributed by atoms with E-state index in [1.54, 1.807) is 0 Å². The number of benzene rings is 11. The number of rotatable bonds is 13. The van der Waals surface area contributed by atoms with Crippen molar-refractivity contribution in [1.29, 1.82) is 0 Å². The van der Waals surface area contributed by atoms with E-state index in [-0.39, 0.29) is 0 Å². The van der Waals surface area contributed by atoms with Crippen molar-refractivity contribution in [3.63, 3.8) is 0 Å². The fraction of sp³-hybridized carbons (Fsp3) is 0.122. The standard InChI is InChI=1S/C74H60N4/c1-49(2)45-51-21-39-64(40-22-51)78(65-41-23-52(24-42-65)46-50(3)4)66-43-33-56(34-44-66)55-29-35-62(36-30-55)74(69-19-11-9-17-67(69)68-18-10-12-20-70(68)74)63-37-31-57(32-38-63)71-75-72(60-27-25-53-13-5-7-15-58(53)47-60)77-73(76-71)61-28-26-54-14-6-8-16-59(54)48-61/h5-44,47-50H,45-46H2,1-4H3. The summed E-state index contributed by atoms with van der Waals surface area (Å²) in [6.07, 6.45) is 2.13. The molecule has 0 fully saturated rings. The molecule has 0 saturated heterocycles. The summed E-state index contributed by atoms with van der Waals surface area (Å²) < 4.78 is 0. The molecule has 1 aromatic heterocycles. The van der Waals surface area contributed by atoms with Crippen LogP contribution >= 0.6 is 0 Å². The van der Waals surface area contributed by atoms with Crippen LogP contribution in [0.15, 0.2) is 255 Å². The minimum atomic E-state index is -0.588. The summed E-state index contributed by atoms with van der Waals surface area (Å²) in [7, 11) is 0. The molecule has 0 aliphatic heterocycles. The van der Waals surface area contributed by atoms with Crippen LogP contribution in [0.2, 0.25) is 0 Å². The molecular weight excluding hydrogens is 945 g/mol. The van der Waals surface area contributed by atoms with Gasteiger partial charge in [0.05, 0.1) is 5.41 Å². The Morgan fingerprint density at radius 2 is 0.654 bits per heavy atom. The van der Waals surface area contributed by atoms with E-state index in [0.717, 1.165) is 62.9 Å². The van der Waals surface area contributed by atoms with E-state index in [4.69, 9.17) is 15.0 Å². The molecule has 4 heteroatoms. The summed E-state index contributed by atoms with van der Waals surface area (Å²) in [6, 6.07) is 93.2. The van der Waals surface area contributed by atoms with Crippen molar-refractivity contribution >= 4 is 38.6 Å². The lowest BCUT2D eigenvalue weighted by atomic mass is 9.67. The summed E-state index contributed by atoms with van der Waals surface area (Å²) >= 11 is 0. The highest BCUT2D eigenvalue weighted by Crippen LogP contribution is 2.56. The van der Waals surface area contributed by atoms with Gasteiger partial charge in [-0.25, -0.2) is 15.0 Å². The first-order valence-corrected chi connectivity index (χ1v) is 27.5. The van der Waals surface area contributed by atoms with Crippen molar-refractivity contribution in [1.82, 2.24) is 15.0 Å². The quantitative estimate of drug-likeness (QED) is 0.115. The van der Waals surface area contributed by atoms with Crippen LogP contribution in [0.3, 0.4) is 0 Å². The molecule has 11 aromatic carbocycles. The highest BCUT2D eigenvalue weighted by molar-refractivity contribution is 5.90. The summed E-state index contributed by atoms with van der Waals surface area (Å²) in [5.74, 6) is 3.11. The van der Waals surface area contributed by atoms with E-state index < -0.39 is 5.41 Å². The molecule has 0 spiro atoms. The van der Waals surface area contributed by atoms with Gasteiger partial charge in [-0.1, -0.05) is 234 Å². The lowest BCUT2D eigenvalue weighted by Crippen LogP contribution is -2.28. The second-order valence-corrected chi connectivity index (χ2v) is 21.8. The van der Waals surface area contributed by atoms with Crippen LogP contribution in [0.25, 0.3) is 78.0 Å². The molecule has 4 nitrogen and oxygen atoms in total. The third-order valence-corrected chi connectivity index (χ3v) is 15.6. The van der Waals surface area contributed by atoms with Crippen molar-refractivity contribution in [2.24, 2.45) is 11.8 Å². The molecule has 1 aliphatic rings. The Balaban J connectivity index is 0.877. The van der Waals surface area contributed by atoms with Crippen molar-refractivity contribution in [2.45, 2.75) is 46.0 Å². The maximum absolute atomic E-state index is 5.23. The van der Waals surface area contributed by atoms with Gasteiger partial charge in [-0.15, -0.1) is 0 Å². The Morgan fingerprint density at radius 1 is 0.321 bits per heavy atom. The summed E-state index contributed by atoms with van der Waals surface area (Å²) in [4.78, 5) is 18.0. The van der Waals surface area contributed by atoms with Gasteiger partial charge in [-0.3, -0.25) is 0 Å². The van der Waals surface area contributed by atoms with Crippen LogP contribution in [-0.4, -0.2) is 15.0 Å². The summed E-state index contributed by atoms with van der Waals surface area (Å²) in [5, 5.41) is 4.63. The Hall–Kier alpha value is -9.25. The van der Waals surface area contributed by atoms with E-state index >= 15 is 0 Å². The average molecular weight is 1010 g/mol. The summed E-state index contributed by atoms with van der Waals surface area (Å²) in [6.45, 7) is 9.12. The summed E-state index contributed by atoms with van der Waals surface area (Å²) in [5.41, 5.74) is 18.1. The second kappa shape index (κ2) is 20.4. The fourth-order valence-electron chi connectivity index (χ4n) is 12.0. The smallest absolute Gasteiger partial charge is 0.164 e. The largest absolute Gasteiger partial charge is 0.311 e. The van der Waals surface area contributed by atoms with Crippen molar-refractivity contribution in [3.05, 3.63) is 288 Å². The fourth-order valence-corrected chi connectivity index (χ4v) is 12.0. The third kappa shape index (κ3) is 9.03. The van der Waals surface area contributed by atoms with Crippen LogP contribution in [0.4, 0.5) is 17.1 Å². The third-order valence-electron chi connectivity index (χ3n) is 15.6. The number of nitrogens with zero attached hydrogens (tertiary/aromatic N) is 4. The maximum atomic E-state index is 5.23. The molecule has 0 unspecified atom stereocenters. The van der Waals surface area contributed by atoms with Crippen LogP contribution in [0, 0.1) is 11.8 Å². The molecule has 78 heavy (non-hydrogen) atoms. The van der Waals surface area contributed by atoms with Crippen LogP contribution in [0.5, 0.6) is 0 Å². The lowest BCUT2D eigenvalue weighted by molar-refractivity contribution is 0.647. The predicted octanol–water partition coefficient (Wildman–Crippen LogP) is 19.1. The lowest BCUT2D eigenvalue weighted by Gasteiger charge is -2.34. The number of aromatic nitrogens is 3. The van der Waals surface area contributed by atoms with Gasteiger partial charge in [0, 0.05) is 33.8 Å². The van der Waals surface area contributed by atoms with Gasteiger partial charge in [0.1, 0.15) is 0 Å². The molecule has 376 valence electrons. The van der Waals surface area contributed by atoms with E-state index in [1.807, 2.05) is 0 Å². The first kappa shape index (κ1) is 48.4. The van der Waals surface area contributed by atoms with Gasteiger partial charge in [-0.05, 0) is 150 Å². The minimum absolute atomic E-state index is 0.588.